The van der Waals surface area contributed by atoms with Crippen LogP contribution in [0.25, 0.3) is 48.8 Å². The maximum absolute atomic E-state index is 4.95. The molecule has 0 N–H and O–H groups in total. The highest BCUT2D eigenvalue weighted by Crippen LogP contribution is 2.41. The summed E-state index contributed by atoms with van der Waals surface area (Å²) in [5.41, 5.74) is 8.28. The maximum Gasteiger partial charge on any atom is 0.0908 e. The number of hydrogen-bond donors (Lipinski definition) is 0. The first-order chi connectivity index (χ1) is 14.6. The van der Waals surface area contributed by atoms with Crippen molar-refractivity contribution in [3.8, 4) is 22.3 Å². The van der Waals surface area contributed by atoms with Gasteiger partial charge >= 0.3 is 0 Å². The highest BCUT2D eigenvalue weighted by Gasteiger charge is 2.16. The Balaban J connectivity index is 1.72. The molecular formula is C26H22N2S2. The molecule has 0 aliphatic heterocycles. The molecular weight excluding hydrogens is 404 g/mol. The highest BCUT2D eigenvalue weighted by atomic mass is 32.1. The van der Waals surface area contributed by atoms with E-state index in [9.17, 15) is 0 Å². The maximum atomic E-state index is 4.95. The highest BCUT2D eigenvalue weighted by molar-refractivity contribution is 7.19. The monoisotopic (exact) mass is 426 g/mol. The summed E-state index contributed by atoms with van der Waals surface area (Å²) in [7, 11) is 0. The zero-order valence-corrected chi connectivity index (χ0v) is 18.9. The number of aromatic nitrogens is 2. The lowest BCUT2D eigenvalue weighted by atomic mass is 9.97. The van der Waals surface area contributed by atoms with Gasteiger partial charge in [0.1, 0.15) is 0 Å². The van der Waals surface area contributed by atoms with Gasteiger partial charge in [0.15, 0.2) is 0 Å². The third-order valence-corrected chi connectivity index (χ3v) is 7.23. The standard InChI is InChI=1S/C26H22N2S2/c1-4-5-8-18-9-6-10-19(15-18)20-13-14-21(24-26(20)30-17(3)28-24)22-11-7-12-23-25(22)29-16(2)27-23/h5-15H,4H2,1-3H3. The molecule has 0 spiro atoms. The van der Waals surface area contributed by atoms with Crippen molar-refractivity contribution in [3.05, 3.63) is 76.3 Å². The average Bonchev–Trinajstić information content (AvgIpc) is 3.32. The molecule has 0 aliphatic rings. The number of fused-ring (bicyclic) bond motifs is 2. The van der Waals surface area contributed by atoms with Crippen LogP contribution in [0.5, 0.6) is 0 Å². The van der Waals surface area contributed by atoms with Crippen LogP contribution >= 0.6 is 22.7 Å². The van der Waals surface area contributed by atoms with Crippen LogP contribution in [0.2, 0.25) is 0 Å². The Morgan fingerprint density at radius 1 is 0.800 bits per heavy atom. The molecule has 0 aliphatic carbocycles. The van der Waals surface area contributed by atoms with Gasteiger partial charge in [-0.15, -0.1) is 22.7 Å². The molecule has 5 aromatic rings. The zero-order valence-electron chi connectivity index (χ0n) is 17.3. The molecule has 148 valence electrons. The van der Waals surface area contributed by atoms with Crippen LogP contribution in [0.15, 0.2) is 60.7 Å². The molecule has 2 aromatic heterocycles. The summed E-state index contributed by atoms with van der Waals surface area (Å²) in [6, 6.07) is 19.6. The number of nitrogens with zero attached hydrogens (tertiary/aromatic N) is 2. The predicted molar refractivity (Wildman–Crippen MR) is 132 cm³/mol. The van der Waals surface area contributed by atoms with Crippen molar-refractivity contribution in [3.63, 3.8) is 0 Å². The van der Waals surface area contributed by atoms with Gasteiger partial charge in [-0.1, -0.05) is 61.5 Å². The summed E-state index contributed by atoms with van der Waals surface area (Å²) >= 11 is 3.53. The Bertz CT molecular complexity index is 1410. The molecule has 0 radical (unpaired) electrons. The number of benzene rings is 3. The molecule has 5 rings (SSSR count). The van der Waals surface area contributed by atoms with Crippen LogP contribution in [0.3, 0.4) is 0 Å². The fourth-order valence-corrected chi connectivity index (χ4v) is 5.82. The topological polar surface area (TPSA) is 25.8 Å². The van der Waals surface area contributed by atoms with E-state index in [0.717, 1.165) is 27.5 Å². The molecule has 0 saturated carbocycles. The van der Waals surface area contributed by atoms with Crippen molar-refractivity contribution in [2.24, 2.45) is 0 Å². The van der Waals surface area contributed by atoms with Gasteiger partial charge in [-0.3, -0.25) is 0 Å². The van der Waals surface area contributed by atoms with Gasteiger partial charge in [-0.25, -0.2) is 9.97 Å². The van der Waals surface area contributed by atoms with E-state index in [1.807, 2.05) is 0 Å². The number of allylic oxidation sites excluding steroid dienone is 1. The Morgan fingerprint density at radius 2 is 1.57 bits per heavy atom. The fraction of sp³-hybridized carbons (Fsp3) is 0.154. The smallest absolute Gasteiger partial charge is 0.0908 e. The van der Waals surface area contributed by atoms with Crippen molar-refractivity contribution in [1.82, 2.24) is 9.97 Å². The minimum absolute atomic E-state index is 1.04. The third-order valence-electron chi connectivity index (χ3n) is 5.21. The van der Waals surface area contributed by atoms with E-state index >= 15 is 0 Å². The summed E-state index contributed by atoms with van der Waals surface area (Å²) < 4.78 is 2.49. The fourth-order valence-electron chi connectivity index (χ4n) is 3.89. The van der Waals surface area contributed by atoms with Crippen molar-refractivity contribution in [1.29, 1.82) is 0 Å². The first kappa shape index (κ1) is 19.2. The molecule has 0 unspecified atom stereocenters. The minimum Gasteiger partial charge on any atom is -0.241 e. The van der Waals surface area contributed by atoms with Crippen LogP contribution in [-0.2, 0) is 0 Å². The largest absolute Gasteiger partial charge is 0.241 e. The summed E-state index contributed by atoms with van der Waals surface area (Å²) in [5.74, 6) is 0. The Morgan fingerprint density at radius 3 is 2.43 bits per heavy atom. The second-order valence-electron chi connectivity index (χ2n) is 7.39. The number of aryl methyl sites for hydroxylation is 2. The van der Waals surface area contributed by atoms with Gasteiger partial charge < -0.3 is 0 Å². The van der Waals surface area contributed by atoms with E-state index < -0.39 is 0 Å². The first-order valence-corrected chi connectivity index (χ1v) is 11.8. The van der Waals surface area contributed by atoms with Gasteiger partial charge in [-0.05, 0) is 43.5 Å². The SMILES string of the molecule is CCC=Cc1cccc(-c2ccc(-c3cccc4nc(C)sc34)c3nc(C)sc23)c1. The summed E-state index contributed by atoms with van der Waals surface area (Å²) in [6.45, 7) is 6.32. The van der Waals surface area contributed by atoms with Gasteiger partial charge in [0.2, 0.25) is 0 Å². The van der Waals surface area contributed by atoms with Crippen molar-refractivity contribution in [2.45, 2.75) is 27.2 Å². The van der Waals surface area contributed by atoms with E-state index in [4.69, 9.17) is 4.98 Å². The van der Waals surface area contributed by atoms with E-state index in [-0.39, 0.29) is 0 Å². The zero-order chi connectivity index (χ0) is 20.7. The molecule has 0 amide bonds. The van der Waals surface area contributed by atoms with E-state index in [2.05, 4.69) is 92.5 Å². The van der Waals surface area contributed by atoms with Gasteiger partial charge in [0, 0.05) is 16.7 Å². The molecule has 2 heterocycles. The molecule has 30 heavy (non-hydrogen) atoms. The van der Waals surface area contributed by atoms with E-state index in [1.165, 1.54) is 37.2 Å². The van der Waals surface area contributed by atoms with Crippen molar-refractivity contribution in [2.75, 3.05) is 0 Å². The minimum atomic E-state index is 1.04. The second-order valence-corrected chi connectivity index (χ2v) is 9.80. The van der Waals surface area contributed by atoms with Gasteiger partial charge in [0.25, 0.3) is 0 Å². The number of thiazole rings is 2. The summed E-state index contributed by atoms with van der Waals surface area (Å²) in [6.07, 6.45) is 5.44. The molecule has 2 nitrogen and oxygen atoms in total. The number of hydrogen-bond acceptors (Lipinski definition) is 4. The van der Waals surface area contributed by atoms with Gasteiger partial charge in [0.05, 0.1) is 30.4 Å². The summed E-state index contributed by atoms with van der Waals surface area (Å²) in [4.78, 5) is 9.63. The van der Waals surface area contributed by atoms with Crippen LogP contribution in [-0.4, -0.2) is 9.97 Å². The van der Waals surface area contributed by atoms with Crippen LogP contribution < -0.4 is 0 Å². The Kier molecular flexibility index (Phi) is 4.97. The van der Waals surface area contributed by atoms with Gasteiger partial charge in [-0.2, -0.15) is 0 Å². The second kappa shape index (κ2) is 7.78. The lowest BCUT2D eigenvalue weighted by molar-refractivity contribution is 1.23. The van der Waals surface area contributed by atoms with Crippen LogP contribution in [0.4, 0.5) is 0 Å². The van der Waals surface area contributed by atoms with Crippen molar-refractivity contribution < 1.29 is 0 Å². The normalized spacial score (nSPS) is 11.8. The van der Waals surface area contributed by atoms with Crippen LogP contribution in [0.1, 0.15) is 28.9 Å². The molecule has 0 atom stereocenters. The lowest BCUT2D eigenvalue weighted by Crippen LogP contribution is -1.86. The van der Waals surface area contributed by atoms with E-state index in [0.29, 0.717) is 0 Å². The molecule has 0 saturated heterocycles. The lowest BCUT2D eigenvalue weighted by Gasteiger charge is -2.09. The molecule has 4 heteroatoms. The van der Waals surface area contributed by atoms with Crippen molar-refractivity contribution >= 4 is 49.2 Å². The first-order valence-electron chi connectivity index (χ1n) is 10.2. The average molecular weight is 427 g/mol. The van der Waals surface area contributed by atoms with E-state index in [1.54, 1.807) is 22.7 Å². The Hall–Kier alpha value is -2.82. The molecule has 0 bridgehead atoms. The third kappa shape index (κ3) is 3.36. The number of rotatable bonds is 4. The van der Waals surface area contributed by atoms with Crippen LogP contribution in [0, 0.1) is 13.8 Å². The summed E-state index contributed by atoms with van der Waals surface area (Å²) in [5, 5.41) is 2.19. The molecule has 3 aromatic carbocycles. The quantitative estimate of drug-likeness (QED) is 0.289. The Labute approximate surface area is 184 Å². The molecule has 0 fully saturated rings. The predicted octanol–water partition coefficient (Wildman–Crippen LogP) is 8.28.